The van der Waals surface area contributed by atoms with Crippen molar-refractivity contribution in [1.82, 2.24) is 0 Å². The van der Waals surface area contributed by atoms with Gasteiger partial charge < -0.3 is 0 Å². The van der Waals surface area contributed by atoms with E-state index < -0.39 is 30.2 Å². The van der Waals surface area contributed by atoms with Crippen LogP contribution in [0.2, 0.25) is 0 Å². The molecular formula is C11H11ClO5S2. The van der Waals surface area contributed by atoms with E-state index in [9.17, 15) is 21.6 Å². The van der Waals surface area contributed by atoms with Crippen molar-refractivity contribution in [3.05, 3.63) is 29.8 Å². The molecule has 1 aliphatic heterocycles. The molecule has 1 aliphatic rings. The van der Waals surface area contributed by atoms with Crippen molar-refractivity contribution in [3.8, 4) is 0 Å². The summed E-state index contributed by atoms with van der Waals surface area (Å²) in [4.78, 5) is 10.9. The first kappa shape index (κ1) is 14.5. The number of benzene rings is 1. The van der Waals surface area contributed by atoms with Crippen LogP contribution in [0.1, 0.15) is 16.8 Å². The fourth-order valence-corrected chi connectivity index (χ4v) is 6.46. The molecule has 1 heterocycles. The largest absolute Gasteiger partial charge is 0.276 e. The summed E-state index contributed by atoms with van der Waals surface area (Å²) in [7, 11) is -6.95. The summed E-state index contributed by atoms with van der Waals surface area (Å²) >= 11 is 5.27. The Balaban J connectivity index is 2.33. The summed E-state index contributed by atoms with van der Waals surface area (Å²) in [5.41, 5.74) is 0.194. The molecule has 1 fully saturated rings. The summed E-state index contributed by atoms with van der Waals surface area (Å²) in [6, 6.07) is 5.17. The van der Waals surface area contributed by atoms with Crippen LogP contribution in [0.3, 0.4) is 0 Å². The van der Waals surface area contributed by atoms with Gasteiger partial charge in [-0.3, -0.25) is 4.79 Å². The van der Waals surface area contributed by atoms with Crippen molar-refractivity contribution in [2.75, 3.05) is 11.5 Å². The third-order valence-corrected chi connectivity index (χ3v) is 7.45. The fourth-order valence-electron chi connectivity index (χ4n) is 1.97. The Bertz CT molecular complexity index is 704. The first-order chi connectivity index (χ1) is 8.72. The van der Waals surface area contributed by atoms with E-state index in [0.717, 1.165) is 0 Å². The molecule has 1 atom stereocenters. The minimum absolute atomic E-state index is 0.0104. The average Bonchev–Trinajstić information content (AvgIpc) is 2.70. The van der Waals surface area contributed by atoms with Gasteiger partial charge in [0, 0.05) is 5.56 Å². The van der Waals surface area contributed by atoms with Crippen LogP contribution in [0, 0.1) is 0 Å². The molecule has 2 rings (SSSR count). The van der Waals surface area contributed by atoms with Gasteiger partial charge in [-0.15, -0.1) is 0 Å². The lowest BCUT2D eigenvalue weighted by molar-refractivity contribution is 0.108. The van der Waals surface area contributed by atoms with Crippen molar-refractivity contribution < 1.29 is 21.6 Å². The Morgan fingerprint density at radius 3 is 2.21 bits per heavy atom. The van der Waals surface area contributed by atoms with E-state index in [1.165, 1.54) is 24.3 Å². The molecule has 1 saturated heterocycles. The summed E-state index contributed by atoms with van der Waals surface area (Å²) in [5.74, 6) is -0.444. The van der Waals surface area contributed by atoms with Crippen molar-refractivity contribution in [3.63, 3.8) is 0 Å². The van der Waals surface area contributed by atoms with Gasteiger partial charge in [0.2, 0.25) is 0 Å². The van der Waals surface area contributed by atoms with Crippen LogP contribution in [-0.4, -0.2) is 38.8 Å². The molecule has 0 aliphatic carbocycles. The number of carbonyl (C=O) groups excluding carboxylic acids is 1. The highest BCUT2D eigenvalue weighted by Gasteiger charge is 2.37. The first-order valence-corrected chi connectivity index (χ1v) is 9.21. The smallest absolute Gasteiger partial charge is 0.252 e. The van der Waals surface area contributed by atoms with Crippen molar-refractivity contribution in [2.24, 2.45) is 0 Å². The SMILES string of the molecule is O=C(Cl)c1ccc(S(=O)(=O)C2CCS(=O)(=O)C2)cc1. The van der Waals surface area contributed by atoms with Gasteiger partial charge in [0.1, 0.15) is 0 Å². The summed E-state index contributed by atoms with van der Waals surface area (Å²) in [6.07, 6.45) is 0.112. The molecular weight excluding hydrogens is 312 g/mol. The molecule has 0 spiro atoms. The Hall–Kier alpha value is -0.920. The van der Waals surface area contributed by atoms with Crippen LogP contribution in [-0.2, 0) is 19.7 Å². The van der Waals surface area contributed by atoms with E-state index in [4.69, 9.17) is 11.6 Å². The first-order valence-electron chi connectivity index (χ1n) is 5.46. The minimum Gasteiger partial charge on any atom is -0.276 e. The fraction of sp³-hybridized carbons (Fsp3) is 0.364. The second-order valence-corrected chi connectivity index (χ2v) is 9.17. The Morgan fingerprint density at radius 2 is 1.79 bits per heavy atom. The van der Waals surface area contributed by atoms with Crippen LogP contribution in [0.5, 0.6) is 0 Å². The molecule has 1 unspecified atom stereocenters. The van der Waals surface area contributed by atoms with E-state index in [2.05, 4.69) is 0 Å². The zero-order valence-corrected chi connectivity index (χ0v) is 12.1. The minimum atomic E-state index is -3.69. The highest BCUT2D eigenvalue weighted by atomic mass is 35.5. The highest BCUT2D eigenvalue weighted by molar-refractivity contribution is 7.96. The van der Waals surface area contributed by atoms with Gasteiger partial charge >= 0.3 is 0 Å². The summed E-state index contributed by atoms with van der Waals surface area (Å²) in [5, 5.41) is -1.58. The third kappa shape index (κ3) is 2.98. The maximum atomic E-state index is 12.2. The zero-order valence-electron chi connectivity index (χ0n) is 9.74. The van der Waals surface area contributed by atoms with E-state index >= 15 is 0 Å². The lowest BCUT2D eigenvalue weighted by atomic mass is 10.2. The standard InChI is InChI=1S/C11H11ClO5S2/c12-11(13)8-1-3-9(4-2-8)19(16,17)10-5-6-18(14,15)7-10/h1-4,10H,5-7H2. The van der Waals surface area contributed by atoms with E-state index in [0.29, 0.717) is 0 Å². The topological polar surface area (TPSA) is 85.3 Å². The number of sulfone groups is 2. The number of hydrogen-bond donors (Lipinski definition) is 0. The van der Waals surface area contributed by atoms with Crippen molar-refractivity contribution in [2.45, 2.75) is 16.6 Å². The molecule has 0 amide bonds. The lowest BCUT2D eigenvalue weighted by Gasteiger charge is -2.10. The molecule has 0 radical (unpaired) electrons. The molecule has 0 aromatic heterocycles. The van der Waals surface area contributed by atoms with Crippen LogP contribution >= 0.6 is 11.6 Å². The monoisotopic (exact) mass is 322 g/mol. The Labute approximate surface area is 116 Å². The maximum Gasteiger partial charge on any atom is 0.252 e. The van der Waals surface area contributed by atoms with Crippen LogP contribution in [0.15, 0.2) is 29.2 Å². The Kier molecular flexibility index (Phi) is 3.72. The molecule has 104 valence electrons. The van der Waals surface area contributed by atoms with Crippen LogP contribution < -0.4 is 0 Å². The molecule has 0 bridgehead atoms. The third-order valence-electron chi connectivity index (χ3n) is 3.04. The number of hydrogen-bond acceptors (Lipinski definition) is 5. The van der Waals surface area contributed by atoms with Gasteiger partial charge in [-0.05, 0) is 42.3 Å². The normalized spacial score (nSPS) is 22.3. The van der Waals surface area contributed by atoms with Crippen LogP contribution in [0.25, 0.3) is 0 Å². The summed E-state index contributed by atoms with van der Waals surface area (Å²) < 4.78 is 47.1. The van der Waals surface area contributed by atoms with Gasteiger partial charge in [0.05, 0.1) is 21.7 Å². The van der Waals surface area contributed by atoms with Crippen molar-refractivity contribution in [1.29, 1.82) is 0 Å². The van der Waals surface area contributed by atoms with Gasteiger partial charge in [-0.25, -0.2) is 16.8 Å². The molecule has 1 aromatic carbocycles. The number of halogens is 1. The highest BCUT2D eigenvalue weighted by Crippen LogP contribution is 2.25. The number of carbonyl (C=O) groups is 1. The van der Waals surface area contributed by atoms with E-state index in [1.807, 2.05) is 0 Å². The number of rotatable bonds is 3. The van der Waals surface area contributed by atoms with Crippen LogP contribution in [0.4, 0.5) is 0 Å². The van der Waals surface area contributed by atoms with Gasteiger partial charge in [-0.1, -0.05) is 0 Å². The van der Waals surface area contributed by atoms with Gasteiger partial charge in [0.25, 0.3) is 5.24 Å². The molecule has 1 aromatic rings. The quantitative estimate of drug-likeness (QED) is 0.776. The molecule has 5 nitrogen and oxygen atoms in total. The molecule has 0 saturated carbocycles. The summed E-state index contributed by atoms with van der Waals surface area (Å²) in [6.45, 7) is 0. The molecule has 19 heavy (non-hydrogen) atoms. The molecule has 0 N–H and O–H groups in total. The van der Waals surface area contributed by atoms with E-state index in [1.54, 1.807) is 0 Å². The predicted molar refractivity (Wildman–Crippen MR) is 70.9 cm³/mol. The zero-order chi connectivity index (χ0) is 14.3. The maximum absolute atomic E-state index is 12.2. The Morgan fingerprint density at radius 1 is 1.21 bits per heavy atom. The average molecular weight is 323 g/mol. The second kappa shape index (κ2) is 4.88. The molecule has 8 heteroatoms. The van der Waals surface area contributed by atoms with Gasteiger partial charge in [-0.2, -0.15) is 0 Å². The van der Waals surface area contributed by atoms with E-state index in [-0.39, 0.29) is 28.4 Å². The predicted octanol–water partition coefficient (Wildman–Crippen LogP) is 1.03. The van der Waals surface area contributed by atoms with Gasteiger partial charge in [0.15, 0.2) is 19.7 Å². The van der Waals surface area contributed by atoms with Crippen molar-refractivity contribution >= 4 is 36.5 Å². The second-order valence-electron chi connectivity index (χ2n) is 4.37. The lowest BCUT2D eigenvalue weighted by Crippen LogP contribution is -2.22.